The Kier molecular flexibility index (Phi) is 2.91. The van der Waals surface area contributed by atoms with Gasteiger partial charge in [0.05, 0.1) is 5.69 Å². The van der Waals surface area contributed by atoms with Crippen molar-refractivity contribution in [1.82, 2.24) is 9.88 Å². The number of nitrogens with zero attached hydrogens (tertiary/aromatic N) is 2. The maximum Gasteiger partial charge on any atom is 0.272 e. The molecule has 2 unspecified atom stereocenters. The van der Waals surface area contributed by atoms with Crippen LogP contribution < -0.4 is 11.3 Å². The second kappa shape index (κ2) is 4.57. The number of hydrogen-bond donors (Lipinski definition) is 2. The minimum atomic E-state index is 0.0292. The maximum absolute atomic E-state index is 12.3. The van der Waals surface area contributed by atoms with Crippen LogP contribution in [0.4, 0.5) is 5.69 Å². The number of likely N-dealkylation sites (tertiary alicyclic amines) is 1. The molecule has 3 rings (SSSR count). The third-order valence-electron chi connectivity index (χ3n) is 4.16. The van der Waals surface area contributed by atoms with E-state index in [-0.39, 0.29) is 5.91 Å². The molecule has 1 aliphatic carbocycles. The van der Waals surface area contributed by atoms with E-state index in [2.05, 4.69) is 10.4 Å². The summed E-state index contributed by atoms with van der Waals surface area (Å²) in [6.07, 6.45) is 5.47. The van der Waals surface area contributed by atoms with E-state index in [1.54, 1.807) is 18.3 Å². The molecule has 2 atom stereocenters. The van der Waals surface area contributed by atoms with Crippen molar-refractivity contribution in [1.29, 1.82) is 0 Å². The highest BCUT2D eigenvalue weighted by atomic mass is 16.2. The number of nitrogens with one attached hydrogen (secondary N) is 1. The topological polar surface area (TPSA) is 71.2 Å². The zero-order valence-corrected chi connectivity index (χ0v) is 10.3. The lowest BCUT2D eigenvalue weighted by molar-refractivity contribution is 0.0775. The predicted octanol–water partition coefficient (Wildman–Crippen LogP) is 1.24. The number of pyridine rings is 1. The number of hydrazine groups is 1. The molecule has 5 nitrogen and oxygen atoms in total. The van der Waals surface area contributed by atoms with Gasteiger partial charge in [0.25, 0.3) is 5.91 Å². The van der Waals surface area contributed by atoms with Crippen LogP contribution in [0.25, 0.3) is 0 Å². The van der Waals surface area contributed by atoms with E-state index < -0.39 is 0 Å². The van der Waals surface area contributed by atoms with Crippen molar-refractivity contribution >= 4 is 11.6 Å². The fourth-order valence-corrected chi connectivity index (χ4v) is 3.20. The van der Waals surface area contributed by atoms with Crippen LogP contribution in [-0.4, -0.2) is 28.9 Å². The van der Waals surface area contributed by atoms with Gasteiger partial charge in [-0.15, -0.1) is 0 Å². The molecule has 0 bridgehead atoms. The summed E-state index contributed by atoms with van der Waals surface area (Å²) in [5.41, 5.74) is 3.73. The number of amides is 1. The van der Waals surface area contributed by atoms with Crippen molar-refractivity contribution in [3.63, 3.8) is 0 Å². The van der Waals surface area contributed by atoms with Crippen LogP contribution in [-0.2, 0) is 0 Å². The molecule has 1 aromatic heterocycles. The van der Waals surface area contributed by atoms with Crippen LogP contribution in [0.15, 0.2) is 18.3 Å². The lowest BCUT2D eigenvalue weighted by Crippen LogP contribution is -2.30. The Bertz CT molecular complexity index is 450. The minimum absolute atomic E-state index is 0.0292. The minimum Gasteiger partial charge on any atom is -0.337 e. The number of carbonyl (C=O) groups excluding carboxylic acids is 1. The highest BCUT2D eigenvalue weighted by Gasteiger charge is 2.38. The second-order valence-corrected chi connectivity index (χ2v) is 5.24. The summed E-state index contributed by atoms with van der Waals surface area (Å²) in [6, 6.07) is 3.45. The first-order valence-electron chi connectivity index (χ1n) is 6.50. The fraction of sp³-hybridized carbons (Fsp3) is 0.538. The lowest BCUT2D eigenvalue weighted by atomic mass is 10.0. The number of nitrogens with two attached hydrogens (primary N) is 1. The van der Waals surface area contributed by atoms with Crippen LogP contribution in [0.2, 0.25) is 0 Å². The monoisotopic (exact) mass is 246 g/mol. The summed E-state index contributed by atoms with van der Waals surface area (Å²) >= 11 is 0. The van der Waals surface area contributed by atoms with E-state index in [0.717, 1.165) is 13.1 Å². The van der Waals surface area contributed by atoms with Gasteiger partial charge in [-0.25, -0.2) is 0 Å². The molecule has 2 fully saturated rings. The number of rotatable bonds is 2. The molecule has 1 aromatic rings. The maximum atomic E-state index is 12.3. The summed E-state index contributed by atoms with van der Waals surface area (Å²) in [6.45, 7) is 1.79. The lowest BCUT2D eigenvalue weighted by Gasteiger charge is -2.17. The van der Waals surface area contributed by atoms with Gasteiger partial charge < -0.3 is 10.3 Å². The van der Waals surface area contributed by atoms with E-state index in [9.17, 15) is 4.79 Å². The van der Waals surface area contributed by atoms with Crippen LogP contribution in [0.3, 0.4) is 0 Å². The fourth-order valence-electron chi connectivity index (χ4n) is 3.20. The van der Waals surface area contributed by atoms with E-state index in [4.69, 9.17) is 5.84 Å². The van der Waals surface area contributed by atoms with Crippen LogP contribution in [0.1, 0.15) is 29.8 Å². The molecule has 96 valence electrons. The van der Waals surface area contributed by atoms with Crippen LogP contribution in [0, 0.1) is 11.8 Å². The smallest absolute Gasteiger partial charge is 0.272 e. The van der Waals surface area contributed by atoms with Crippen molar-refractivity contribution in [3.05, 3.63) is 24.0 Å². The Hall–Kier alpha value is -1.62. The molecule has 0 radical (unpaired) electrons. The van der Waals surface area contributed by atoms with Gasteiger partial charge in [-0.1, -0.05) is 6.42 Å². The number of aromatic nitrogens is 1. The average Bonchev–Trinajstić information content (AvgIpc) is 2.98. The highest BCUT2D eigenvalue weighted by molar-refractivity contribution is 5.93. The Morgan fingerprint density at radius 3 is 2.78 bits per heavy atom. The summed E-state index contributed by atoms with van der Waals surface area (Å²) in [5, 5.41) is 0. The molecule has 2 heterocycles. The molecule has 0 aromatic carbocycles. The van der Waals surface area contributed by atoms with E-state index in [1.165, 1.54) is 19.3 Å². The number of anilines is 1. The summed E-state index contributed by atoms with van der Waals surface area (Å²) < 4.78 is 0. The van der Waals surface area contributed by atoms with Gasteiger partial charge in [-0.2, -0.15) is 0 Å². The van der Waals surface area contributed by atoms with Gasteiger partial charge in [0.1, 0.15) is 5.69 Å². The molecule has 1 saturated heterocycles. The summed E-state index contributed by atoms with van der Waals surface area (Å²) in [7, 11) is 0. The van der Waals surface area contributed by atoms with Gasteiger partial charge in [-0.05, 0) is 36.8 Å². The van der Waals surface area contributed by atoms with Gasteiger partial charge in [0.2, 0.25) is 0 Å². The summed E-state index contributed by atoms with van der Waals surface area (Å²) in [4.78, 5) is 18.4. The quantitative estimate of drug-likeness (QED) is 0.608. The molecular weight excluding hydrogens is 228 g/mol. The van der Waals surface area contributed by atoms with Crippen molar-refractivity contribution in [2.75, 3.05) is 18.5 Å². The third kappa shape index (κ3) is 1.95. The molecule has 2 aliphatic rings. The van der Waals surface area contributed by atoms with Gasteiger partial charge in [0, 0.05) is 19.3 Å². The molecule has 1 amide bonds. The van der Waals surface area contributed by atoms with E-state index >= 15 is 0 Å². The van der Waals surface area contributed by atoms with E-state index in [0.29, 0.717) is 23.2 Å². The SMILES string of the molecule is NNc1ccnc(C(=O)N2CC3CCCC3C2)c1. The number of fused-ring (bicyclic) bond motifs is 1. The van der Waals surface area contributed by atoms with Crippen molar-refractivity contribution in [2.45, 2.75) is 19.3 Å². The molecule has 3 N–H and O–H groups in total. The molecule has 18 heavy (non-hydrogen) atoms. The van der Waals surface area contributed by atoms with Crippen molar-refractivity contribution < 1.29 is 4.79 Å². The Labute approximate surface area is 106 Å². The second-order valence-electron chi connectivity index (χ2n) is 5.24. The van der Waals surface area contributed by atoms with Crippen molar-refractivity contribution in [2.24, 2.45) is 17.7 Å². The Morgan fingerprint density at radius 2 is 2.11 bits per heavy atom. The van der Waals surface area contributed by atoms with Crippen LogP contribution >= 0.6 is 0 Å². The first kappa shape index (κ1) is 11.5. The van der Waals surface area contributed by atoms with Crippen molar-refractivity contribution in [3.8, 4) is 0 Å². The first-order valence-corrected chi connectivity index (χ1v) is 6.50. The average molecular weight is 246 g/mol. The zero-order chi connectivity index (χ0) is 12.5. The summed E-state index contributed by atoms with van der Waals surface area (Å²) in [5.74, 6) is 6.80. The number of carbonyl (C=O) groups is 1. The predicted molar refractivity (Wildman–Crippen MR) is 68.8 cm³/mol. The largest absolute Gasteiger partial charge is 0.337 e. The molecular formula is C13H18N4O. The van der Waals surface area contributed by atoms with Gasteiger partial charge in [-0.3, -0.25) is 15.6 Å². The van der Waals surface area contributed by atoms with E-state index in [1.807, 2.05) is 4.90 Å². The Balaban J connectivity index is 1.74. The number of hydrogen-bond acceptors (Lipinski definition) is 4. The highest BCUT2D eigenvalue weighted by Crippen LogP contribution is 2.38. The standard InChI is InChI=1S/C13H18N4O/c14-16-11-4-5-15-12(6-11)13(18)17-7-9-2-1-3-10(9)8-17/h4-6,9-10H,1-3,7-8,14H2,(H,15,16). The Morgan fingerprint density at radius 1 is 1.39 bits per heavy atom. The van der Waals surface area contributed by atoms with Gasteiger partial charge in [0.15, 0.2) is 0 Å². The van der Waals surface area contributed by atoms with Crippen LogP contribution in [0.5, 0.6) is 0 Å². The first-order chi connectivity index (χ1) is 8.78. The zero-order valence-electron chi connectivity index (χ0n) is 10.3. The molecule has 1 aliphatic heterocycles. The van der Waals surface area contributed by atoms with Gasteiger partial charge >= 0.3 is 0 Å². The molecule has 1 saturated carbocycles. The normalized spacial score (nSPS) is 26.2. The number of nitrogen functional groups attached to an aromatic ring is 1. The third-order valence-corrected chi connectivity index (χ3v) is 4.16. The molecule has 5 heteroatoms. The molecule has 0 spiro atoms.